The number of ether oxygens (including phenoxy) is 5. The summed E-state index contributed by atoms with van der Waals surface area (Å²) in [6.45, 7) is 13.7. The summed E-state index contributed by atoms with van der Waals surface area (Å²) in [5, 5.41) is 40.5. The molecule has 6 rings (SSSR count). The van der Waals surface area contributed by atoms with E-state index in [1.165, 1.54) is 19.9 Å². The molecular formula is C48H59NO14. The fourth-order valence-electron chi connectivity index (χ4n) is 10.3. The van der Waals surface area contributed by atoms with Gasteiger partial charge in [0.25, 0.3) is 0 Å². The summed E-state index contributed by atoms with van der Waals surface area (Å²) in [6, 6.07) is 14.1. The van der Waals surface area contributed by atoms with Gasteiger partial charge < -0.3 is 44.3 Å². The highest BCUT2D eigenvalue weighted by atomic mass is 16.6. The molecular weight excluding hydrogens is 815 g/mol. The van der Waals surface area contributed by atoms with E-state index < -0.39 is 119 Å². The molecule has 11 atom stereocenters. The zero-order valence-electron chi connectivity index (χ0n) is 37.3. The van der Waals surface area contributed by atoms with Crippen molar-refractivity contribution in [3.63, 3.8) is 0 Å². The predicted octanol–water partition coefficient (Wildman–Crippen LogP) is 4.48. The highest BCUT2D eigenvalue weighted by molar-refractivity contribution is 5.95. The molecule has 63 heavy (non-hydrogen) atoms. The van der Waals surface area contributed by atoms with Gasteiger partial charge >= 0.3 is 23.9 Å². The molecule has 3 fully saturated rings. The molecule has 15 heteroatoms. The maximum absolute atomic E-state index is 15.4. The first-order chi connectivity index (χ1) is 29.6. The first kappa shape index (κ1) is 47.3. The number of nitrogens with one attached hydrogen (secondary N) is 1. The SMILES string of the molecule is C/C=C(\C)C(=O)N[C@@H](c1ccccc1)[C@@H](O)CC(=O)O[C@H]1C[C@@]2(O)[C@@H](OC(=O)c3cccc(C)c3)C3[C@](C)(C(=O)[C@H](O)C(=C1C)C2(C)C)[C@@H](OC(=O)CC)C[C@H]1OC[C@@]31OC(C)=O. The number of carbonyl (C=O) groups is 6. The van der Waals surface area contributed by atoms with Crippen LogP contribution >= 0.6 is 0 Å². The summed E-state index contributed by atoms with van der Waals surface area (Å²) < 4.78 is 30.6. The number of aliphatic hydroxyl groups is 3. The number of allylic oxidation sites excluding steroid dienone is 1. The molecule has 3 aliphatic carbocycles. The van der Waals surface area contributed by atoms with Crippen molar-refractivity contribution < 1.29 is 67.8 Å². The third-order valence-corrected chi connectivity index (χ3v) is 14.0. The Hall–Kier alpha value is -5.22. The minimum atomic E-state index is -2.34. The van der Waals surface area contributed by atoms with Gasteiger partial charge in [0, 0.05) is 37.2 Å². The fourth-order valence-corrected chi connectivity index (χ4v) is 10.3. The van der Waals surface area contributed by atoms with Gasteiger partial charge in [-0.05, 0) is 63.5 Å². The van der Waals surface area contributed by atoms with Crippen LogP contribution in [0.2, 0.25) is 0 Å². The Morgan fingerprint density at radius 3 is 2.24 bits per heavy atom. The van der Waals surface area contributed by atoms with Crippen LogP contribution in [-0.4, -0.2) is 105 Å². The number of carbonyl (C=O) groups excluding carboxylic acids is 6. The zero-order valence-corrected chi connectivity index (χ0v) is 37.3. The largest absolute Gasteiger partial charge is 0.461 e. The molecule has 4 N–H and O–H groups in total. The van der Waals surface area contributed by atoms with Crippen molar-refractivity contribution in [1.29, 1.82) is 0 Å². The summed E-state index contributed by atoms with van der Waals surface area (Å²) in [6.07, 6.45) is -8.72. The summed E-state index contributed by atoms with van der Waals surface area (Å²) in [5.41, 5.74) is -5.81. The first-order valence-corrected chi connectivity index (χ1v) is 21.4. The molecule has 1 saturated heterocycles. The number of ketones is 1. The number of hydrogen-bond acceptors (Lipinski definition) is 14. The van der Waals surface area contributed by atoms with E-state index in [0.717, 1.165) is 5.56 Å². The second kappa shape index (κ2) is 17.7. The van der Waals surface area contributed by atoms with Crippen LogP contribution in [0.15, 0.2) is 77.4 Å². The van der Waals surface area contributed by atoms with Crippen molar-refractivity contribution in [3.8, 4) is 0 Å². The second-order valence-electron chi connectivity index (χ2n) is 18.1. The zero-order chi connectivity index (χ0) is 46.4. The van der Waals surface area contributed by atoms with E-state index in [9.17, 15) is 39.3 Å². The van der Waals surface area contributed by atoms with Crippen LogP contribution in [-0.2, 0) is 47.7 Å². The monoisotopic (exact) mass is 873 g/mol. The number of fused-ring (bicyclic) bond motifs is 5. The summed E-state index contributed by atoms with van der Waals surface area (Å²) >= 11 is 0. The van der Waals surface area contributed by atoms with Gasteiger partial charge in [-0.25, -0.2) is 4.79 Å². The van der Waals surface area contributed by atoms with Crippen molar-refractivity contribution in [3.05, 3.63) is 94.1 Å². The van der Waals surface area contributed by atoms with Crippen LogP contribution in [0.5, 0.6) is 0 Å². The van der Waals surface area contributed by atoms with Crippen LogP contribution in [0.25, 0.3) is 0 Å². The number of aliphatic hydroxyl groups excluding tert-OH is 2. The normalized spacial score (nSPS) is 31.9. The fraction of sp³-hybridized carbons (Fsp3) is 0.542. The summed E-state index contributed by atoms with van der Waals surface area (Å²) in [5.74, 6) is -6.16. The Labute approximate surface area is 367 Å². The van der Waals surface area contributed by atoms with E-state index in [1.54, 1.807) is 103 Å². The Morgan fingerprint density at radius 1 is 0.968 bits per heavy atom. The minimum absolute atomic E-state index is 0.0266. The van der Waals surface area contributed by atoms with Gasteiger partial charge in [-0.3, -0.25) is 24.0 Å². The molecule has 1 heterocycles. The van der Waals surface area contributed by atoms with Gasteiger partial charge in [0.2, 0.25) is 5.91 Å². The van der Waals surface area contributed by atoms with Crippen LogP contribution in [0.1, 0.15) is 109 Å². The van der Waals surface area contributed by atoms with Gasteiger partial charge in [0.15, 0.2) is 11.4 Å². The van der Waals surface area contributed by atoms with Gasteiger partial charge in [-0.1, -0.05) is 74.9 Å². The standard InChI is InChI=1S/C48H59NO14/c1-10-26(4)43(56)49-38(29-17-13-12-14-18-29)31(51)21-36(53)60-32-23-48(58)42(62-44(57)30-19-15-16-25(3)20-30)40-46(9,41(55)39(54)37(27(32)5)45(48,7)8)33(61-35(52)11-2)22-34-47(40,24-59-34)63-28(6)50/h10,12-20,31-34,38-40,42,51,54,58H,11,21-24H2,1-9H3,(H,49,56)/b26-10+/t31-,32-,33-,34+,38-,39+,40?,42-,46+,47-,48+/m0/s1. The molecule has 0 aromatic heterocycles. The maximum atomic E-state index is 15.4. The second-order valence-corrected chi connectivity index (χ2v) is 18.1. The molecule has 0 radical (unpaired) electrons. The predicted molar refractivity (Wildman–Crippen MR) is 225 cm³/mol. The number of amides is 1. The van der Waals surface area contributed by atoms with Gasteiger partial charge in [0.1, 0.15) is 36.1 Å². The molecule has 4 aliphatic rings. The number of benzene rings is 2. The lowest BCUT2D eigenvalue weighted by Crippen LogP contribution is -2.82. The first-order valence-electron chi connectivity index (χ1n) is 21.4. The van der Waals surface area contributed by atoms with Crippen molar-refractivity contribution in [2.24, 2.45) is 16.7 Å². The molecule has 1 unspecified atom stereocenters. The van der Waals surface area contributed by atoms with E-state index >= 15 is 4.79 Å². The number of hydrogen-bond donors (Lipinski definition) is 4. The van der Waals surface area contributed by atoms with Crippen molar-refractivity contribution in [2.45, 2.75) is 142 Å². The molecule has 2 aromatic rings. The highest BCUT2D eigenvalue weighted by Crippen LogP contribution is 2.64. The van der Waals surface area contributed by atoms with E-state index in [4.69, 9.17) is 23.7 Å². The lowest BCUT2D eigenvalue weighted by molar-refractivity contribution is -0.346. The Bertz CT molecular complexity index is 2220. The van der Waals surface area contributed by atoms with Crippen LogP contribution in [0.3, 0.4) is 0 Å². The van der Waals surface area contributed by atoms with Crippen molar-refractivity contribution in [2.75, 3.05) is 6.61 Å². The highest BCUT2D eigenvalue weighted by Gasteiger charge is 2.78. The third-order valence-electron chi connectivity index (χ3n) is 14.0. The molecule has 15 nitrogen and oxygen atoms in total. The van der Waals surface area contributed by atoms with Gasteiger partial charge in [-0.15, -0.1) is 0 Å². The van der Waals surface area contributed by atoms with E-state index in [1.807, 2.05) is 0 Å². The third kappa shape index (κ3) is 8.24. The quantitative estimate of drug-likeness (QED) is 0.100. The topological polar surface area (TPSA) is 221 Å². The van der Waals surface area contributed by atoms with Crippen molar-refractivity contribution in [1.82, 2.24) is 5.32 Å². The van der Waals surface area contributed by atoms with Crippen LogP contribution < -0.4 is 5.32 Å². The van der Waals surface area contributed by atoms with Crippen LogP contribution in [0.4, 0.5) is 0 Å². The maximum Gasteiger partial charge on any atom is 0.338 e. The molecule has 1 amide bonds. The number of aryl methyl sites for hydroxylation is 1. The number of Topliss-reactive ketones (excluding diaryl/α,β-unsaturated/α-hetero) is 1. The molecule has 1 aliphatic heterocycles. The summed E-state index contributed by atoms with van der Waals surface area (Å²) in [4.78, 5) is 83.0. The lowest BCUT2D eigenvalue weighted by atomic mass is 9.44. The van der Waals surface area contributed by atoms with Crippen molar-refractivity contribution >= 4 is 35.6 Å². The average molecular weight is 874 g/mol. The number of rotatable bonds is 12. The van der Waals surface area contributed by atoms with E-state index in [2.05, 4.69) is 5.32 Å². The smallest absolute Gasteiger partial charge is 0.338 e. The summed E-state index contributed by atoms with van der Waals surface area (Å²) in [7, 11) is 0. The van der Waals surface area contributed by atoms with Gasteiger partial charge in [0.05, 0.1) is 42.1 Å². The number of esters is 4. The Morgan fingerprint density at radius 2 is 1.65 bits per heavy atom. The van der Waals surface area contributed by atoms with E-state index in [0.29, 0.717) is 11.1 Å². The Balaban J connectivity index is 1.50. The minimum Gasteiger partial charge on any atom is -0.461 e. The van der Waals surface area contributed by atoms with E-state index in [-0.39, 0.29) is 36.2 Å². The molecule has 2 bridgehead atoms. The molecule has 2 aromatic carbocycles. The molecule has 2 saturated carbocycles. The Kier molecular flexibility index (Phi) is 13.3. The molecule has 0 spiro atoms. The van der Waals surface area contributed by atoms with Gasteiger partial charge in [-0.2, -0.15) is 0 Å². The lowest BCUT2D eigenvalue weighted by Gasteiger charge is -2.67. The molecule has 340 valence electrons. The van der Waals surface area contributed by atoms with Crippen LogP contribution in [0, 0.1) is 23.7 Å². The average Bonchev–Trinajstić information content (AvgIpc) is 3.23.